The first-order chi connectivity index (χ1) is 9.73. The van der Waals surface area contributed by atoms with Crippen LogP contribution in [0, 0.1) is 5.92 Å². The molecule has 0 saturated carbocycles. The zero-order valence-electron chi connectivity index (χ0n) is 13.3. The predicted octanol–water partition coefficient (Wildman–Crippen LogP) is 2.73. The highest BCUT2D eigenvalue weighted by atomic mass is 32.2. The van der Waals surface area contributed by atoms with Gasteiger partial charge in [0.1, 0.15) is 0 Å². The van der Waals surface area contributed by atoms with E-state index in [1.807, 2.05) is 12.1 Å². The van der Waals surface area contributed by atoms with E-state index >= 15 is 0 Å². The first-order valence-corrected chi connectivity index (χ1v) is 8.90. The van der Waals surface area contributed by atoms with Gasteiger partial charge in [-0.2, -0.15) is 0 Å². The Morgan fingerprint density at radius 1 is 1.19 bits per heavy atom. The fourth-order valence-corrected chi connectivity index (χ4v) is 2.64. The van der Waals surface area contributed by atoms with Crippen molar-refractivity contribution in [3.63, 3.8) is 0 Å². The highest BCUT2D eigenvalue weighted by Crippen LogP contribution is 2.30. The van der Waals surface area contributed by atoms with E-state index in [2.05, 4.69) is 18.6 Å². The van der Waals surface area contributed by atoms with E-state index in [4.69, 9.17) is 9.47 Å². The number of sulfonamides is 1. The second-order valence-corrected chi connectivity index (χ2v) is 7.33. The molecule has 1 N–H and O–H groups in total. The van der Waals surface area contributed by atoms with Crippen LogP contribution in [0.1, 0.15) is 38.8 Å². The zero-order chi connectivity index (χ0) is 16.0. The van der Waals surface area contributed by atoms with E-state index in [0.29, 0.717) is 24.0 Å². The van der Waals surface area contributed by atoms with E-state index in [9.17, 15) is 8.42 Å². The highest BCUT2D eigenvalue weighted by Gasteiger charge is 2.14. The lowest BCUT2D eigenvalue weighted by Crippen LogP contribution is -2.25. The van der Waals surface area contributed by atoms with Crippen LogP contribution in [-0.2, 0) is 10.0 Å². The summed E-state index contributed by atoms with van der Waals surface area (Å²) in [5.74, 6) is 1.86. The summed E-state index contributed by atoms with van der Waals surface area (Å²) < 4.78 is 36.1. The van der Waals surface area contributed by atoms with Crippen molar-refractivity contribution in [3.05, 3.63) is 23.8 Å². The molecule has 0 fully saturated rings. The summed E-state index contributed by atoms with van der Waals surface area (Å²) in [4.78, 5) is 0. The summed E-state index contributed by atoms with van der Waals surface area (Å²) in [7, 11) is -1.67. The largest absolute Gasteiger partial charge is 0.493 e. The maximum Gasteiger partial charge on any atom is 0.209 e. The topological polar surface area (TPSA) is 64.6 Å². The van der Waals surface area contributed by atoms with Gasteiger partial charge in [-0.15, -0.1) is 0 Å². The number of benzene rings is 1. The first-order valence-electron chi connectivity index (χ1n) is 7.01. The van der Waals surface area contributed by atoms with Crippen molar-refractivity contribution in [1.82, 2.24) is 4.72 Å². The molecule has 0 bridgehead atoms. The molecule has 0 aromatic heterocycles. The molecule has 5 nitrogen and oxygen atoms in total. The van der Waals surface area contributed by atoms with Crippen molar-refractivity contribution in [3.8, 4) is 11.5 Å². The Morgan fingerprint density at radius 2 is 1.86 bits per heavy atom. The van der Waals surface area contributed by atoms with Crippen LogP contribution in [0.15, 0.2) is 18.2 Å². The van der Waals surface area contributed by atoms with E-state index in [0.717, 1.165) is 18.2 Å². The number of hydrogen-bond acceptors (Lipinski definition) is 4. The molecule has 0 radical (unpaired) electrons. The minimum absolute atomic E-state index is 0.321. The third-order valence-corrected chi connectivity index (χ3v) is 3.81. The molecule has 0 amide bonds. The van der Waals surface area contributed by atoms with Gasteiger partial charge in [-0.05, 0) is 37.0 Å². The van der Waals surface area contributed by atoms with Crippen molar-refractivity contribution < 1.29 is 17.9 Å². The van der Waals surface area contributed by atoms with Crippen LogP contribution in [0.25, 0.3) is 0 Å². The Balaban J connectivity index is 2.82. The standard InChI is InChI=1S/C15H25NO4S/c1-11(2)8-9-20-14-7-6-13(10-15(14)19-4)12(3)16-21(5,17)18/h6-7,10-12,16H,8-9H2,1-5H3. The average Bonchev–Trinajstić information content (AvgIpc) is 2.36. The molecule has 0 aliphatic carbocycles. The van der Waals surface area contributed by atoms with Gasteiger partial charge in [-0.1, -0.05) is 19.9 Å². The highest BCUT2D eigenvalue weighted by molar-refractivity contribution is 7.88. The molecule has 0 aliphatic heterocycles. The van der Waals surface area contributed by atoms with Crippen molar-refractivity contribution in [2.75, 3.05) is 20.0 Å². The maximum atomic E-state index is 11.3. The van der Waals surface area contributed by atoms with Gasteiger partial charge in [0.2, 0.25) is 10.0 Å². The molecule has 1 atom stereocenters. The van der Waals surface area contributed by atoms with Gasteiger partial charge in [0.15, 0.2) is 11.5 Å². The summed E-state index contributed by atoms with van der Waals surface area (Å²) in [6.45, 7) is 6.70. The number of ether oxygens (including phenoxy) is 2. The summed E-state index contributed by atoms with van der Waals surface area (Å²) in [6.07, 6.45) is 2.11. The Morgan fingerprint density at radius 3 is 2.38 bits per heavy atom. The van der Waals surface area contributed by atoms with Crippen molar-refractivity contribution >= 4 is 10.0 Å². The second kappa shape index (κ2) is 7.66. The molecule has 6 heteroatoms. The molecule has 21 heavy (non-hydrogen) atoms. The molecule has 0 saturated heterocycles. The molecule has 0 spiro atoms. The Labute approximate surface area is 127 Å². The molecule has 0 aliphatic rings. The number of methoxy groups -OCH3 is 1. The lowest BCUT2D eigenvalue weighted by atomic mass is 10.1. The Bertz CT molecular complexity index is 555. The van der Waals surface area contributed by atoms with Crippen LogP contribution >= 0.6 is 0 Å². The zero-order valence-corrected chi connectivity index (χ0v) is 14.2. The van der Waals surface area contributed by atoms with Crippen molar-refractivity contribution in [2.24, 2.45) is 5.92 Å². The molecule has 120 valence electrons. The Kier molecular flexibility index (Phi) is 6.48. The van der Waals surface area contributed by atoms with Crippen molar-refractivity contribution in [1.29, 1.82) is 0 Å². The Hall–Kier alpha value is -1.27. The minimum Gasteiger partial charge on any atom is -0.493 e. The first kappa shape index (κ1) is 17.8. The summed E-state index contributed by atoms with van der Waals surface area (Å²) in [5.41, 5.74) is 0.827. The van der Waals surface area contributed by atoms with E-state index in [1.165, 1.54) is 0 Å². The summed E-state index contributed by atoms with van der Waals surface area (Å²) >= 11 is 0. The fourth-order valence-electron chi connectivity index (χ4n) is 1.87. The smallest absolute Gasteiger partial charge is 0.209 e. The van der Waals surface area contributed by atoms with Gasteiger partial charge in [-0.3, -0.25) is 0 Å². The molecular weight excluding hydrogens is 290 g/mol. The molecule has 1 aromatic rings. The van der Waals surface area contributed by atoms with Gasteiger partial charge < -0.3 is 9.47 Å². The second-order valence-electron chi connectivity index (χ2n) is 5.55. The van der Waals surface area contributed by atoms with Crippen LogP contribution in [0.4, 0.5) is 0 Å². The van der Waals surface area contributed by atoms with Crippen LogP contribution < -0.4 is 14.2 Å². The minimum atomic E-state index is -3.25. The SMILES string of the molecule is COc1cc(C(C)NS(C)(=O)=O)ccc1OCCC(C)C. The summed E-state index contributed by atoms with van der Waals surface area (Å²) in [5, 5.41) is 0. The van der Waals surface area contributed by atoms with E-state index in [1.54, 1.807) is 20.1 Å². The number of hydrogen-bond donors (Lipinski definition) is 1. The normalized spacial score (nSPS) is 13.2. The molecule has 1 rings (SSSR count). The van der Waals surface area contributed by atoms with Crippen LogP contribution in [-0.4, -0.2) is 28.4 Å². The maximum absolute atomic E-state index is 11.3. The van der Waals surface area contributed by atoms with Crippen LogP contribution in [0.3, 0.4) is 0 Å². The van der Waals surface area contributed by atoms with Gasteiger partial charge in [0, 0.05) is 6.04 Å². The number of rotatable bonds is 8. The van der Waals surface area contributed by atoms with Crippen molar-refractivity contribution in [2.45, 2.75) is 33.2 Å². The van der Waals surface area contributed by atoms with Crippen LogP contribution in [0.2, 0.25) is 0 Å². The van der Waals surface area contributed by atoms with Gasteiger partial charge >= 0.3 is 0 Å². The van der Waals surface area contributed by atoms with E-state index < -0.39 is 10.0 Å². The van der Waals surface area contributed by atoms with Crippen LogP contribution in [0.5, 0.6) is 11.5 Å². The lowest BCUT2D eigenvalue weighted by molar-refractivity contribution is 0.272. The molecule has 1 aromatic carbocycles. The fraction of sp³-hybridized carbons (Fsp3) is 0.600. The quantitative estimate of drug-likeness (QED) is 0.801. The third-order valence-electron chi connectivity index (χ3n) is 3.03. The third kappa shape index (κ3) is 6.35. The van der Waals surface area contributed by atoms with Gasteiger partial charge in [0.25, 0.3) is 0 Å². The van der Waals surface area contributed by atoms with Gasteiger partial charge in [0.05, 0.1) is 20.0 Å². The molecular formula is C15H25NO4S. The van der Waals surface area contributed by atoms with E-state index in [-0.39, 0.29) is 6.04 Å². The van der Waals surface area contributed by atoms with Gasteiger partial charge in [-0.25, -0.2) is 13.1 Å². The molecule has 1 unspecified atom stereocenters. The average molecular weight is 315 g/mol. The number of nitrogens with one attached hydrogen (secondary N) is 1. The lowest BCUT2D eigenvalue weighted by Gasteiger charge is -2.16. The monoisotopic (exact) mass is 315 g/mol. The summed E-state index contributed by atoms with van der Waals surface area (Å²) in [6, 6.07) is 5.14. The molecule has 0 heterocycles. The predicted molar refractivity (Wildman–Crippen MR) is 84.3 cm³/mol.